The molecule has 0 spiro atoms. The zero-order valence-electron chi connectivity index (χ0n) is 10.4. The summed E-state index contributed by atoms with van der Waals surface area (Å²) in [4.78, 5) is 4.42. The lowest BCUT2D eigenvalue weighted by atomic mass is 10.3. The topological polar surface area (TPSA) is 33.6 Å². The molecule has 1 aromatic carbocycles. The van der Waals surface area contributed by atoms with Gasteiger partial charge in [0.15, 0.2) is 5.17 Å². The van der Waals surface area contributed by atoms with E-state index in [1.54, 1.807) is 11.8 Å². The minimum absolute atomic E-state index is 0.212. The number of nitrogens with zero attached hydrogens (tertiary/aromatic N) is 1. The van der Waals surface area contributed by atoms with Crippen LogP contribution in [0.15, 0.2) is 29.3 Å². The largest absolute Gasteiger partial charge is 0.491 e. The second kappa shape index (κ2) is 5.45. The highest BCUT2D eigenvalue weighted by atomic mass is 32.2. The Balaban J connectivity index is 1.94. The monoisotopic (exact) mass is 250 g/mol. The third-order valence-electron chi connectivity index (χ3n) is 2.28. The Labute approximate surface area is 107 Å². The molecule has 2 rings (SSSR count). The van der Waals surface area contributed by atoms with E-state index in [2.05, 4.69) is 17.2 Å². The van der Waals surface area contributed by atoms with Crippen molar-refractivity contribution in [1.82, 2.24) is 0 Å². The summed E-state index contributed by atoms with van der Waals surface area (Å²) in [5.74, 6) is 0.903. The SMILES string of the molecule is CC(C)Oc1ccc(NC2=NCC(C)S2)cc1. The average Bonchev–Trinajstić information content (AvgIpc) is 2.66. The summed E-state index contributed by atoms with van der Waals surface area (Å²) >= 11 is 1.78. The van der Waals surface area contributed by atoms with E-state index in [-0.39, 0.29) is 6.10 Å². The van der Waals surface area contributed by atoms with Crippen LogP contribution in [0.5, 0.6) is 5.75 Å². The number of amidine groups is 1. The van der Waals surface area contributed by atoms with Gasteiger partial charge in [0.2, 0.25) is 0 Å². The van der Waals surface area contributed by atoms with Gasteiger partial charge in [0.25, 0.3) is 0 Å². The maximum Gasteiger partial charge on any atom is 0.161 e. The van der Waals surface area contributed by atoms with E-state index < -0.39 is 0 Å². The first-order valence-electron chi connectivity index (χ1n) is 5.88. The smallest absolute Gasteiger partial charge is 0.161 e. The number of hydrogen-bond acceptors (Lipinski definition) is 4. The number of thioether (sulfide) groups is 1. The minimum atomic E-state index is 0.212. The predicted molar refractivity (Wildman–Crippen MR) is 75.2 cm³/mol. The molecule has 1 aliphatic heterocycles. The van der Waals surface area contributed by atoms with Crippen molar-refractivity contribution in [2.45, 2.75) is 32.1 Å². The van der Waals surface area contributed by atoms with E-state index in [9.17, 15) is 0 Å². The highest BCUT2D eigenvalue weighted by molar-refractivity contribution is 8.15. The van der Waals surface area contributed by atoms with E-state index in [0.717, 1.165) is 23.1 Å². The number of ether oxygens (including phenoxy) is 1. The average molecular weight is 250 g/mol. The minimum Gasteiger partial charge on any atom is -0.491 e. The van der Waals surface area contributed by atoms with Crippen molar-refractivity contribution in [3.05, 3.63) is 24.3 Å². The van der Waals surface area contributed by atoms with Crippen molar-refractivity contribution in [3.8, 4) is 5.75 Å². The van der Waals surface area contributed by atoms with Crippen molar-refractivity contribution < 1.29 is 4.74 Å². The van der Waals surface area contributed by atoms with Gasteiger partial charge in [-0.15, -0.1) is 0 Å². The molecule has 0 aliphatic carbocycles. The van der Waals surface area contributed by atoms with Crippen LogP contribution in [-0.4, -0.2) is 23.1 Å². The highest BCUT2D eigenvalue weighted by Gasteiger charge is 2.14. The fraction of sp³-hybridized carbons (Fsp3) is 0.462. The van der Waals surface area contributed by atoms with Gasteiger partial charge in [-0.3, -0.25) is 4.99 Å². The number of rotatable bonds is 3. The molecule has 0 bridgehead atoms. The summed E-state index contributed by atoms with van der Waals surface area (Å²) < 4.78 is 5.59. The Morgan fingerprint density at radius 3 is 2.59 bits per heavy atom. The van der Waals surface area contributed by atoms with Crippen LogP contribution in [0.3, 0.4) is 0 Å². The fourth-order valence-electron chi connectivity index (χ4n) is 1.56. The molecule has 17 heavy (non-hydrogen) atoms. The molecular formula is C13H18N2OS. The Hall–Kier alpha value is -1.16. The molecule has 1 atom stereocenters. The van der Waals surface area contributed by atoms with E-state index in [1.807, 2.05) is 38.1 Å². The number of hydrogen-bond donors (Lipinski definition) is 1. The van der Waals surface area contributed by atoms with Crippen LogP contribution >= 0.6 is 11.8 Å². The molecule has 1 unspecified atom stereocenters. The number of anilines is 1. The van der Waals surface area contributed by atoms with Crippen LogP contribution < -0.4 is 10.1 Å². The molecule has 0 saturated heterocycles. The van der Waals surface area contributed by atoms with Crippen molar-refractivity contribution in [1.29, 1.82) is 0 Å². The van der Waals surface area contributed by atoms with Crippen LogP contribution in [-0.2, 0) is 0 Å². The lowest BCUT2D eigenvalue weighted by Gasteiger charge is -2.11. The molecular weight excluding hydrogens is 232 g/mol. The van der Waals surface area contributed by atoms with Gasteiger partial charge in [0.05, 0.1) is 12.6 Å². The third-order valence-corrected chi connectivity index (χ3v) is 3.29. The third kappa shape index (κ3) is 3.66. The summed E-state index contributed by atoms with van der Waals surface area (Å²) in [5.41, 5.74) is 1.06. The number of aliphatic imine (C=N–C) groups is 1. The van der Waals surface area contributed by atoms with Gasteiger partial charge in [-0.2, -0.15) is 0 Å². The second-order valence-electron chi connectivity index (χ2n) is 4.39. The molecule has 0 saturated carbocycles. The Kier molecular flexibility index (Phi) is 3.94. The summed E-state index contributed by atoms with van der Waals surface area (Å²) in [6, 6.07) is 7.99. The first-order valence-corrected chi connectivity index (χ1v) is 6.76. The van der Waals surface area contributed by atoms with Gasteiger partial charge in [0.1, 0.15) is 5.75 Å². The molecule has 1 N–H and O–H groups in total. The van der Waals surface area contributed by atoms with Gasteiger partial charge in [0, 0.05) is 10.9 Å². The molecule has 3 nitrogen and oxygen atoms in total. The molecule has 0 aromatic heterocycles. The summed E-state index contributed by atoms with van der Waals surface area (Å²) in [7, 11) is 0. The summed E-state index contributed by atoms with van der Waals surface area (Å²) in [6.45, 7) is 7.14. The van der Waals surface area contributed by atoms with Crippen LogP contribution in [0.2, 0.25) is 0 Å². The molecule has 0 fully saturated rings. The van der Waals surface area contributed by atoms with Crippen molar-refractivity contribution in [3.63, 3.8) is 0 Å². The Morgan fingerprint density at radius 2 is 2.06 bits per heavy atom. The second-order valence-corrected chi connectivity index (χ2v) is 5.82. The van der Waals surface area contributed by atoms with Gasteiger partial charge in [-0.05, 0) is 38.1 Å². The normalized spacial score (nSPS) is 19.3. The fourth-order valence-corrected chi connectivity index (χ4v) is 2.41. The molecule has 1 heterocycles. The number of benzene rings is 1. The zero-order valence-corrected chi connectivity index (χ0v) is 11.3. The molecule has 1 aromatic rings. The van der Waals surface area contributed by atoms with Crippen LogP contribution in [0.25, 0.3) is 0 Å². The van der Waals surface area contributed by atoms with Gasteiger partial charge in [-0.1, -0.05) is 18.7 Å². The van der Waals surface area contributed by atoms with Crippen molar-refractivity contribution in [2.75, 3.05) is 11.9 Å². The molecule has 1 aliphatic rings. The van der Waals surface area contributed by atoms with E-state index in [1.165, 1.54) is 0 Å². The van der Waals surface area contributed by atoms with Crippen LogP contribution in [0, 0.1) is 0 Å². The van der Waals surface area contributed by atoms with Crippen molar-refractivity contribution in [2.24, 2.45) is 4.99 Å². The summed E-state index contributed by atoms with van der Waals surface area (Å²) in [5, 5.41) is 4.90. The molecule has 92 valence electrons. The predicted octanol–water partition coefficient (Wildman–Crippen LogP) is 3.38. The molecule has 0 radical (unpaired) electrons. The van der Waals surface area contributed by atoms with Crippen LogP contribution in [0.4, 0.5) is 5.69 Å². The zero-order chi connectivity index (χ0) is 12.3. The first kappa shape index (κ1) is 12.3. The van der Waals surface area contributed by atoms with Crippen LogP contribution in [0.1, 0.15) is 20.8 Å². The quantitative estimate of drug-likeness (QED) is 0.893. The standard InChI is InChI=1S/C13H18N2OS/c1-9(2)16-12-6-4-11(5-7-12)15-13-14-8-10(3)17-13/h4-7,9-10H,8H2,1-3H3,(H,14,15). The highest BCUT2D eigenvalue weighted by Crippen LogP contribution is 2.23. The van der Waals surface area contributed by atoms with E-state index >= 15 is 0 Å². The first-order chi connectivity index (χ1) is 8.13. The van der Waals surface area contributed by atoms with Gasteiger partial charge < -0.3 is 10.1 Å². The maximum atomic E-state index is 5.59. The Morgan fingerprint density at radius 1 is 1.35 bits per heavy atom. The lowest BCUT2D eigenvalue weighted by molar-refractivity contribution is 0.242. The van der Waals surface area contributed by atoms with E-state index in [0.29, 0.717) is 5.25 Å². The Bertz CT molecular complexity index is 400. The van der Waals surface area contributed by atoms with Gasteiger partial charge >= 0.3 is 0 Å². The maximum absolute atomic E-state index is 5.59. The summed E-state index contributed by atoms with van der Waals surface area (Å²) in [6.07, 6.45) is 0.212. The molecule has 0 amide bonds. The molecule has 4 heteroatoms. The van der Waals surface area contributed by atoms with Gasteiger partial charge in [-0.25, -0.2) is 0 Å². The lowest BCUT2D eigenvalue weighted by Crippen LogP contribution is -2.07. The van der Waals surface area contributed by atoms with E-state index in [4.69, 9.17) is 4.74 Å². The van der Waals surface area contributed by atoms with Crippen molar-refractivity contribution >= 4 is 22.6 Å². The number of nitrogens with one attached hydrogen (secondary N) is 1.